The van der Waals surface area contributed by atoms with Crippen molar-refractivity contribution in [2.75, 3.05) is 18.0 Å². The summed E-state index contributed by atoms with van der Waals surface area (Å²) < 4.78 is 1.58. The van der Waals surface area contributed by atoms with Crippen molar-refractivity contribution < 1.29 is 0 Å². The molecule has 1 atom stereocenters. The topological polar surface area (TPSA) is 38.1 Å². The van der Waals surface area contributed by atoms with Crippen molar-refractivity contribution in [1.82, 2.24) is 9.55 Å². The van der Waals surface area contributed by atoms with Crippen LogP contribution in [-0.4, -0.2) is 22.6 Å². The number of benzene rings is 2. The van der Waals surface area contributed by atoms with Gasteiger partial charge < -0.3 is 4.90 Å². The van der Waals surface area contributed by atoms with Gasteiger partial charge in [0.05, 0.1) is 21.3 Å². The predicted octanol–water partition coefficient (Wildman–Crippen LogP) is 6.41. The van der Waals surface area contributed by atoms with Crippen LogP contribution in [0.15, 0.2) is 41.2 Å². The average molecular weight is 482 g/mol. The monoisotopic (exact) mass is 481 g/mol. The van der Waals surface area contributed by atoms with Gasteiger partial charge >= 0.3 is 0 Å². The van der Waals surface area contributed by atoms with Crippen LogP contribution in [0.4, 0.5) is 5.82 Å². The zero-order chi connectivity index (χ0) is 23.5. The second-order valence-corrected chi connectivity index (χ2v) is 10.5. The number of piperidine rings is 1. The normalized spacial score (nSPS) is 19.2. The highest BCUT2D eigenvalue weighted by Gasteiger charge is 2.45. The van der Waals surface area contributed by atoms with E-state index in [0.717, 1.165) is 43.7 Å². The Morgan fingerprint density at radius 1 is 1.00 bits per heavy atom. The predicted molar refractivity (Wildman–Crippen MR) is 137 cm³/mol. The van der Waals surface area contributed by atoms with E-state index in [-0.39, 0.29) is 5.56 Å². The number of aryl methyl sites for hydroxylation is 2. The van der Waals surface area contributed by atoms with Crippen molar-refractivity contribution in [3.05, 3.63) is 84.9 Å². The molecule has 6 heteroatoms. The van der Waals surface area contributed by atoms with Crippen molar-refractivity contribution in [3.8, 4) is 5.69 Å². The number of anilines is 1. The van der Waals surface area contributed by atoms with Gasteiger partial charge in [-0.05, 0) is 74.1 Å². The van der Waals surface area contributed by atoms with E-state index >= 15 is 0 Å². The van der Waals surface area contributed by atoms with Crippen molar-refractivity contribution in [2.24, 2.45) is 5.41 Å². The van der Waals surface area contributed by atoms with Gasteiger partial charge in [0.1, 0.15) is 11.6 Å². The summed E-state index contributed by atoms with van der Waals surface area (Å²) >= 11 is 12.9. The van der Waals surface area contributed by atoms with E-state index in [2.05, 4.69) is 36.1 Å². The van der Waals surface area contributed by atoms with Crippen LogP contribution in [0, 0.1) is 26.2 Å². The van der Waals surface area contributed by atoms with E-state index in [1.54, 1.807) is 4.57 Å². The van der Waals surface area contributed by atoms with Crippen molar-refractivity contribution in [1.29, 1.82) is 0 Å². The largest absolute Gasteiger partial charge is 0.356 e. The Balaban J connectivity index is 1.44. The number of fused-ring (bicyclic) bond motifs is 1. The molecule has 172 valence electrons. The Bertz CT molecular complexity index is 1310. The molecule has 2 aliphatic rings. The molecule has 0 radical (unpaired) electrons. The molecule has 33 heavy (non-hydrogen) atoms. The first kappa shape index (κ1) is 22.5. The summed E-state index contributed by atoms with van der Waals surface area (Å²) in [5.74, 6) is 1.97. The molecule has 0 N–H and O–H groups in total. The van der Waals surface area contributed by atoms with E-state index in [9.17, 15) is 4.79 Å². The molecule has 1 fully saturated rings. The molecule has 0 amide bonds. The van der Waals surface area contributed by atoms with Gasteiger partial charge in [0.15, 0.2) is 0 Å². The summed E-state index contributed by atoms with van der Waals surface area (Å²) in [6.07, 6.45) is 3.36. The average Bonchev–Trinajstić information content (AvgIpc) is 3.08. The summed E-state index contributed by atoms with van der Waals surface area (Å²) in [5, 5.41) is 0.848. The first-order valence-electron chi connectivity index (χ1n) is 11.6. The lowest BCUT2D eigenvalue weighted by molar-refractivity contribution is 0.194. The van der Waals surface area contributed by atoms with Gasteiger partial charge in [-0.1, -0.05) is 60.5 Å². The van der Waals surface area contributed by atoms with E-state index < -0.39 is 0 Å². The zero-order valence-electron chi connectivity index (χ0n) is 19.6. The van der Waals surface area contributed by atoms with Gasteiger partial charge in [0.25, 0.3) is 5.56 Å². The minimum Gasteiger partial charge on any atom is -0.356 e. The number of halogens is 2. The molecular weight excluding hydrogens is 453 g/mol. The summed E-state index contributed by atoms with van der Waals surface area (Å²) in [7, 11) is 0. The third kappa shape index (κ3) is 3.50. The minimum atomic E-state index is -0.0961. The molecule has 4 nitrogen and oxygen atoms in total. The second-order valence-electron chi connectivity index (χ2n) is 9.72. The first-order chi connectivity index (χ1) is 15.7. The zero-order valence-corrected chi connectivity index (χ0v) is 21.1. The molecule has 0 saturated carbocycles. The third-order valence-corrected chi connectivity index (χ3v) is 8.95. The van der Waals surface area contributed by atoms with E-state index in [1.807, 2.05) is 32.9 Å². The van der Waals surface area contributed by atoms with Crippen LogP contribution < -0.4 is 10.5 Å². The highest BCUT2D eigenvalue weighted by molar-refractivity contribution is 6.43. The minimum absolute atomic E-state index is 0.0961. The van der Waals surface area contributed by atoms with Crippen LogP contribution in [0.1, 0.15) is 53.8 Å². The fourth-order valence-electron chi connectivity index (χ4n) is 5.85. The lowest BCUT2D eigenvalue weighted by Crippen LogP contribution is -2.43. The molecule has 2 aromatic carbocycles. The van der Waals surface area contributed by atoms with Crippen molar-refractivity contribution in [3.63, 3.8) is 0 Å². The summed E-state index contributed by atoms with van der Waals surface area (Å²) in [5.41, 5.74) is 5.32. The van der Waals surface area contributed by atoms with Gasteiger partial charge in [-0.15, -0.1) is 0 Å². The van der Waals surface area contributed by atoms with Crippen molar-refractivity contribution in [2.45, 2.75) is 52.9 Å². The molecular formula is C27H29Cl2N3O. The summed E-state index contributed by atoms with van der Waals surface area (Å²) in [6, 6.07) is 12.6. The molecule has 1 aliphatic heterocycles. The van der Waals surface area contributed by atoms with Crippen LogP contribution in [0.2, 0.25) is 10.0 Å². The molecule has 1 aromatic heterocycles. The molecule has 1 aliphatic carbocycles. The summed E-state index contributed by atoms with van der Waals surface area (Å²) in [4.78, 5) is 20.6. The van der Waals surface area contributed by atoms with Crippen LogP contribution in [0.25, 0.3) is 5.69 Å². The smallest absolute Gasteiger partial charge is 0.263 e. The van der Waals surface area contributed by atoms with Gasteiger partial charge in [-0.2, -0.15) is 0 Å². The molecule has 3 aromatic rings. The van der Waals surface area contributed by atoms with Gasteiger partial charge in [-0.3, -0.25) is 9.36 Å². The lowest BCUT2D eigenvalue weighted by atomic mass is 9.70. The van der Waals surface area contributed by atoms with E-state index in [1.165, 1.54) is 11.1 Å². The number of hydrogen-bond acceptors (Lipinski definition) is 3. The number of nitrogens with zero attached hydrogens (tertiary/aromatic N) is 3. The Hall–Kier alpha value is -2.30. The maximum atomic E-state index is 13.4. The fourth-order valence-corrected chi connectivity index (χ4v) is 6.31. The standard InChI is InChI=1S/C27H29Cl2N3O/c1-16-9-10-22(24(29)23(16)28)32-19(4)30-25(17(2)26(32)33)31-13-11-27(12-14-31)15-20-7-5-6-8-21(20)18(27)3/h5-10,18H,11-15H2,1-4H3/t18-/m1/s1. The van der Waals surface area contributed by atoms with Gasteiger partial charge in [0.2, 0.25) is 0 Å². The van der Waals surface area contributed by atoms with E-state index in [0.29, 0.717) is 38.5 Å². The third-order valence-electron chi connectivity index (χ3n) is 7.99. The highest BCUT2D eigenvalue weighted by atomic mass is 35.5. The molecule has 1 spiro atoms. The number of hydrogen-bond donors (Lipinski definition) is 0. The maximum Gasteiger partial charge on any atom is 0.263 e. The molecule has 5 rings (SSSR count). The van der Waals surface area contributed by atoms with Crippen LogP contribution in [-0.2, 0) is 6.42 Å². The van der Waals surface area contributed by atoms with Crippen LogP contribution in [0.3, 0.4) is 0 Å². The Kier molecular flexibility index (Phi) is 5.57. The molecule has 0 bridgehead atoms. The van der Waals surface area contributed by atoms with Crippen LogP contribution >= 0.6 is 23.2 Å². The van der Waals surface area contributed by atoms with Crippen LogP contribution in [0.5, 0.6) is 0 Å². The van der Waals surface area contributed by atoms with Gasteiger partial charge in [-0.25, -0.2) is 4.98 Å². The van der Waals surface area contributed by atoms with Crippen molar-refractivity contribution >= 4 is 29.0 Å². The molecule has 0 unspecified atom stereocenters. The Labute approximate surface area is 205 Å². The lowest BCUT2D eigenvalue weighted by Gasteiger charge is -2.43. The molecule has 2 heterocycles. The molecule has 1 saturated heterocycles. The quantitative estimate of drug-likeness (QED) is 0.424. The fraction of sp³-hybridized carbons (Fsp3) is 0.407. The highest BCUT2D eigenvalue weighted by Crippen LogP contribution is 2.53. The second kappa shape index (κ2) is 8.18. The van der Waals surface area contributed by atoms with Gasteiger partial charge in [0, 0.05) is 13.1 Å². The summed E-state index contributed by atoms with van der Waals surface area (Å²) in [6.45, 7) is 9.82. The van der Waals surface area contributed by atoms with E-state index in [4.69, 9.17) is 28.2 Å². The Morgan fingerprint density at radius 2 is 1.70 bits per heavy atom. The maximum absolute atomic E-state index is 13.4. The number of rotatable bonds is 2. The Morgan fingerprint density at radius 3 is 2.39 bits per heavy atom. The SMILES string of the molecule is Cc1ccc(-n2c(C)nc(N3CCC4(CC3)Cc3ccccc3[C@H]4C)c(C)c2=O)c(Cl)c1Cl. The first-order valence-corrected chi connectivity index (χ1v) is 12.4. The number of aromatic nitrogens is 2.